The summed E-state index contributed by atoms with van der Waals surface area (Å²) in [5.74, 6) is 1.43. The quantitative estimate of drug-likeness (QED) is 0.308. The molecular weight excluding hydrogens is 446 g/mol. The van der Waals surface area contributed by atoms with Crippen molar-refractivity contribution < 1.29 is 9.53 Å². The number of rotatable bonds is 7. The van der Waals surface area contributed by atoms with Crippen molar-refractivity contribution in [1.29, 1.82) is 0 Å². The second-order valence-corrected chi connectivity index (χ2v) is 10.0. The summed E-state index contributed by atoms with van der Waals surface area (Å²) in [5, 5.41) is 3.19. The van der Waals surface area contributed by atoms with E-state index in [2.05, 4.69) is 50.4 Å². The molecule has 36 heavy (non-hydrogen) atoms. The molecule has 5 nitrogen and oxygen atoms in total. The third-order valence-electron chi connectivity index (χ3n) is 6.52. The van der Waals surface area contributed by atoms with E-state index in [1.54, 1.807) is 7.11 Å². The first-order valence-electron chi connectivity index (χ1n) is 12.4. The number of imidazole rings is 1. The van der Waals surface area contributed by atoms with Gasteiger partial charge in [0.2, 0.25) is 0 Å². The van der Waals surface area contributed by atoms with Gasteiger partial charge in [-0.25, -0.2) is 4.98 Å². The van der Waals surface area contributed by atoms with E-state index < -0.39 is 0 Å². The van der Waals surface area contributed by atoms with Gasteiger partial charge in [-0.15, -0.1) is 0 Å². The fourth-order valence-electron chi connectivity index (χ4n) is 4.37. The normalized spacial score (nSPS) is 12.3. The Morgan fingerprint density at radius 2 is 1.58 bits per heavy atom. The zero-order valence-corrected chi connectivity index (χ0v) is 22.0. The summed E-state index contributed by atoms with van der Waals surface area (Å²) in [6, 6.07) is 26.0. The number of aromatic nitrogens is 2. The van der Waals surface area contributed by atoms with Crippen molar-refractivity contribution in [2.45, 2.75) is 52.6 Å². The average molecular weight is 482 g/mol. The maximum atomic E-state index is 13.8. The van der Waals surface area contributed by atoms with Gasteiger partial charge in [0.1, 0.15) is 23.0 Å². The van der Waals surface area contributed by atoms with Gasteiger partial charge in [-0.3, -0.25) is 4.79 Å². The third-order valence-corrected chi connectivity index (χ3v) is 6.52. The zero-order valence-electron chi connectivity index (χ0n) is 22.0. The first-order chi connectivity index (χ1) is 17.2. The van der Waals surface area contributed by atoms with Crippen LogP contribution in [0, 0.1) is 0 Å². The van der Waals surface area contributed by atoms with E-state index >= 15 is 0 Å². The van der Waals surface area contributed by atoms with Crippen molar-refractivity contribution in [3.63, 3.8) is 0 Å². The van der Waals surface area contributed by atoms with E-state index in [-0.39, 0.29) is 17.4 Å². The van der Waals surface area contributed by atoms with Crippen molar-refractivity contribution in [1.82, 2.24) is 14.9 Å². The number of ether oxygens (including phenoxy) is 1. The zero-order chi connectivity index (χ0) is 25.9. The Morgan fingerprint density at radius 1 is 0.944 bits per heavy atom. The molecule has 0 unspecified atom stereocenters. The standard InChI is InChI=1S/C31H35N3O2/c1-7-34-28(30(35)32-21(2)22-15-19-26(36-6)20-16-22)27(33-29(34)24-11-9-8-10-12-24)23-13-17-25(18-14-23)31(3,4)5/h8-21H,7H2,1-6H3,(H,32,35)/t21-/m1/s1. The van der Waals surface area contributed by atoms with Crippen molar-refractivity contribution >= 4 is 5.91 Å². The summed E-state index contributed by atoms with van der Waals surface area (Å²) < 4.78 is 7.28. The summed E-state index contributed by atoms with van der Waals surface area (Å²) in [6.07, 6.45) is 0. The van der Waals surface area contributed by atoms with Crippen LogP contribution in [-0.4, -0.2) is 22.6 Å². The molecule has 3 aromatic carbocycles. The van der Waals surface area contributed by atoms with Crippen LogP contribution in [0.4, 0.5) is 0 Å². The van der Waals surface area contributed by atoms with Gasteiger partial charge in [0, 0.05) is 17.7 Å². The Hall–Kier alpha value is -3.86. The molecule has 1 amide bonds. The molecule has 0 fully saturated rings. The molecule has 5 heteroatoms. The van der Waals surface area contributed by atoms with Crippen LogP contribution in [0.1, 0.15) is 62.3 Å². The molecule has 1 atom stereocenters. The van der Waals surface area contributed by atoms with Crippen LogP contribution in [0.2, 0.25) is 0 Å². The molecule has 4 rings (SSSR count). The van der Waals surface area contributed by atoms with Gasteiger partial charge in [-0.1, -0.05) is 87.5 Å². The summed E-state index contributed by atoms with van der Waals surface area (Å²) >= 11 is 0. The molecule has 0 aliphatic heterocycles. The van der Waals surface area contributed by atoms with Gasteiger partial charge in [0.05, 0.1) is 13.2 Å². The minimum atomic E-state index is -0.181. The lowest BCUT2D eigenvalue weighted by Crippen LogP contribution is -2.29. The summed E-state index contributed by atoms with van der Waals surface area (Å²) in [7, 11) is 1.64. The lowest BCUT2D eigenvalue weighted by atomic mass is 9.86. The van der Waals surface area contributed by atoms with Gasteiger partial charge in [-0.05, 0) is 42.5 Å². The average Bonchev–Trinajstić information content (AvgIpc) is 3.28. The van der Waals surface area contributed by atoms with Crippen molar-refractivity contribution in [2.75, 3.05) is 7.11 Å². The van der Waals surface area contributed by atoms with E-state index in [4.69, 9.17) is 9.72 Å². The molecule has 4 aromatic rings. The van der Waals surface area contributed by atoms with Crippen molar-refractivity contribution in [3.05, 3.63) is 95.7 Å². The van der Waals surface area contributed by atoms with E-state index in [9.17, 15) is 4.79 Å². The molecule has 186 valence electrons. The molecule has 0 saturated heterocycles. The predicted octanol–water partition coefficient (Wildman–Crippen LogP) is 7.03. The predicted molar refractivity (Wildman–Crippen MR) is 146 cm³/mol. The van der Waals surface area contributed by atoms with Crippen LogP contribution in [0.15, 0.2) is 78.9 Å². The Labute approximate surface area is 214 Å². The van der Waals surface area contributed by atoms with E-state index in [0.717, 1.165) is 28.3 Å². The minimum absolute atomic E-state index is 0.0461. The highest BCUT2D eigenvalue weighted by Gasteiger charge is 2.26. The maximum absolute atomic E-state index is 13.8. The summed E-state index contributed by atoms with van der Waals surface area (Å²) in [4.78, 5) is 18.8. The molecule has 0 aliphatic carbocycles. The topological polar surface area (TPSA) is 56.2 Å². The molecular formula is C31H35N3O2. The Balaban J connectivity index is 1.77. The van der Waals surface area contributed by atoms with Crippen molar-refractivity contribution in [3.8, 4) is 28.4 Å². The summed E-state index contributed by atoms with van der Waals surface area (Å²) in [5.41, 5.74) is 5.46. The van der Waals surface area contributed by atoms with E-state index in [1.165, 1.54) is 5.56 Å². The number of nitrogens with one attached hydrogen (secondary N) is 1. The number of hydrogen-bond acceptors (Lipinski definition) is 3. The molecule has 1 aromatic heterocycles. The Morgan fingerprint density at radius 3 is 2.14 bits per heavy atom. The van der Waals surface area contributed by atoms with Crippen LogP contribution in [0.25, 0.3) is 22.6 Å². The van der Waals surface area contributed by atoms with Gasteiger partial charge in [-0.2, -0.15) is 0 Å². The Bertz CT molecular complexity index is 1320. The summed E-state index contributed by atoms with van der Waals surface area (Å²) in [6.45, 7) is 11.2. The van der Waals surface area contributed by atoms with Gasteiger partial charge in [0.25, 0.3) is 5.91 Å². The van der Waals surface area contributed by atoms with Gasteiger partial charge < -0.3 is 14.6 Å². The first kappa shape index (κ1) is 25.2. The number of carbonyl (C=O) groups excluding carboxylic acids is 1. The highest BCUT2D eigenvalue weighted by molar-refractivity contribution is 5.99. The largest absolute Gasteiger partial charge is 0.497 e. The third kappa shape index (κ3) is 5.20. The molecule has 0 aliphatic rings. The van der Waals surface area contributed by atoms with Gasteiger partial charge in [0.15, 0.2) is 0 Å². The number of benzene rings is 3. The maximum Gasteiger partial charge on any atom is 0.270 e. The van der Waals surface area contributed by atoms with Crippen molar-refractivity contribution in [2.24, 2.45) is 0 Å². The van der Waals surface area contributed by atoms with E-state index in [0.29, 0.717) is 17.9 Å². The fraction of sp³-hybridized carbons (Fsp3) is 0.290. The Kier molecular flexibility index (Phi) is 7.30. The smallest absolute Gasteiger partial charge is 0.270 e. The number of methoxy groups -OCH3 is 1. The van der Waals surface area contributed by atoms with Crippen LogP contribution in [0.5, 0.6) is 5.75 Å². The number of amides is 1. The van der Waals surface area contributed by atoms with Crippen LogP contribution in [0.3, 0.4) is 0 Å². The van der Waals surface area contributed by atoms with E-state index in [1.807, 2.05) is 73.0 Å². The monoisotopic (exact) mass is 481 g/mol. The molecule has 0 radical (unpaired) electrons. The fourth-order valence-corrected chi connectivity index (χ4v) is 4.37. The number of carbonyl (C=O) groups is 1. The lowest BCUT2D eigenvalue weighted by Gasteiger charge is -2.19. The molecule has 0 spiro atoms. The second kappa shape index (κ2) is 10.4. The SMILES string of the molecule is CCn1c(-c2ccccc2)nc(-c2ccc(C(C)(C)C)cc2)c1C(=O)N[C@H](C)c1ccc(OC)cc1. The highest BCUT2D eigenvalue weighted by atomic mass is 16.5. The van der Waals surface area contributed by atoms with Crippen LogP contribution in [-0.2, 0) is 12.0 Å². The van der Waals surface area contributed by atoms with Gasteiger partial charge >= 0.3 is 0 Å². The number of nitrogens with zero attached hydrogens (tertiary/aromatic N) is 2. The lowest BCUT2D eigenvalue weighted by molar-refractivity contribution is 0.0931. The first-order valence-corrected chi connectivity index (χ1v) is 12.4. The highest BCUT2D eigenvalue weighted by Crippen LogP contribution is 2.32. The minimum Gasteiger partial charge on any atom is -0.497 e. The molecule has 1 N–H and O–H groups in total. The number of hydrogen-bond donors (Lipinski definition) is 1. The molecule has 0 bridgehead atoms. The van der Waals surface area contributed by atoms with Crippen LogP contribution < -0.4 is 10.1 Å². The second-order valence-electron chi connectivity index (χ2n) is 10.0. The molecule has 0 saturated carbocycles. The molecule has 1 heterocycles. The van der Waals surface area contributed by atoms with Crippen LogP contribution >= 0.6 is 0 Å².